The largest absolute Gasteiger partial charge is 0.851 e. The third-order valence-corrected chi connectivity index (χ3v) is 13.6. The van der Waals surface area contributed by atoms with Crippen LogP contribution in [-0.2, 0) is 22.9 Å². The van der Waals surface area contributed by atoms with Crippen LogP contribution in [0.3, 0.4) is 0 Å². The summed E-state index contributed by atoms with van der Waals surface area (Å²) in [5.41, 5.74) is 5.17. The number of rotatable bonds is 13. The van der Waals surface area contributed by atoms with Gasteiger partial charge in [0.05, 0.1) is 30.3 Å². The lowest BCUT2D eigenvalue weighted by Crippen LogP contribution is -2.66. The Balaban J connectivity index is 1.28. The minimum absolute atomic E-state index is 0.0780. The van der Waals surface area contributed by atoms with Crippen molar-refractivity contribution in [2.45, 2.75) is 82.4 Å². The minimum Gasteiger partial charge on any atom is -0.851 e. The van der Waals surface area contributed by atoms with Crippen molar-refractivity contribution in [1.82, 2.24) is 4.90 Å². The van der Waals surface area contributed by atoms with Crippen LogP contribution in [0.4, 0.5) is 11.4 Å². The normalized spacial score (nSPS) is 25.6. The van der Waals surface area contributed by atoms with E-state index < -0.39 is 27.3 Å². The van der Waals surface area contributed by atoms with Gasteiger partial charge in [-0.15, -0.1) is 6.10 Å². The van der Waals surface area contributed by atoms with E-state index in [0.29, 0.717) is 29.8 Å². The summed E-state index contributed by atoms with van der Waals surface area (Å²) >= 11 is 0. The Morgan fingerprint density at radius 3 is 2.17 bits per heavy atom. The molecule has 260 valence electrons. The fraction of sp³-hybridized carbons (Fsp3) is 0.550. The summed E-state index contributed by atoms with van der Waals surface area (Å²) in [6.07, 6.45) is 3.75. The van der Waals surface area contributed by atoms with E-state index in [4.69, 9.17) is 0 Å². The third kappa shape index (κ3) is 7.32. The molecule has 3 aromatic rings. The molecule has 0 spiro atoms. The molecule has 0 aliphatic carbocycles. The number of hydrogen-bond donors (Lipinski definition) is 1. The predicted molar refractivity (Wildman–Crippen MR) is 195 cm³/mol. The first-order valence-electron chi connectivity index (χ1n) is 18.3. The van der Waals surface area contributed by atoms with Crippen LogP contribution in [0.1, 0.15) is 80.5 Å². The van der Waals surface area contributed by atoms with Crippen molar-refractivity contribution >= 4 is 21.2 Å². The first-order valence-corrected chi connectivity index (χ1v) is 19.9. The van der Waals surface area contributed by atoms with Crippen LogP contribution in [0.5, 0.6) is 0 Å². The van der Waals surface area contributed by atoms with Crippen molar-refractivity contribution in [3.8, 4) is 0 Å². The van der Waals surface area contributed by atoms with Crippen LogP contribution in [0, 0.1) is 5.41 Å². The fourth-order valence-electron chi connectivity index (χ4n) is 8.53. The zero-order valence-electron chi connectivity index (χ0n) is 29.6. The molecule has 0 amide bonds. The predicted octanol–water partition coefficient (Wildman–Crippen LogP) is 6.03. The van der Waals surface area contributed by atoms with Crippen molar-refractivity contribution in [2.75, 3.05) is 69.3 Å². The zero-order chi connectivity index (χ0) is 33.9. The number of fused-ring (bicyclic) bond motifs is 4. The van der Waals surface area contributed by atoms with Crippen LogP contribution in [-0.4, -0.2) is 83.0 Å². The molecule has 7 nitrogen and oxygen atoms in total. The molecular formula is C40H56N4O3S. The van der Waals surface area contributed by atoms with Gasteiger partial charge < -0.3 is 19.8 Å². The van der Waals surface area contributed by atoms with Crippen molar-refractivity contribution < 1.29 is 18.0 Å². The molecule has 3 fully saturated rings. The summed E-state index contributed by atoms with van der Waals surface area (Å²) < 4.78 is 29.6. The molecule has 4 heterocycles. The van der Waals surface area contributed by atoms with Crippen molar-refractivity contribution in [1.29, 1.82) is 0 Å². The highest BCUT2D eigenvalue weighted by atomic mass is 32.2. The van der Waals surface area contributed by atoms with Crippen molar-refractivity contribution in [3.63, 3.8) is 0 Å². The van der Waals surface area contributed by atoms with Crippen molar-refractivity contribution in [3.05, 3.63) is 89.0 Å². The fourth-order valence-corrected chi connectivity index (χ4v) is 10.7. The molecule has 0 aromatic heterocycles. The molecule has 0 unspecified atom stereocenters. The SMILES string of the molecule is CCCCC1(CCCC)CS(=O)(=O)c2ccc(N(C)C)cc2[C@@H](c2cccc(NCc3ccc(C[N+]45CCN(CC4)CC5)cc3)c2)[C@H]1[O-]. The Morgan fingerprint density at radius 2 is 1.54 bits per heavy atom. The first-order chi connectivity index (χ1) is 23.1. The van der Waals surface area contributed by atoms with E-state index in [2.05, 4.69) is 60.5 Å². The summed E-state index contributed by atoms with van der Waals surface area (Å²) in [6.45, 7) is 13.5. The number of unbranched alkanes of at least 4 members (excludes halogenated alkanes) is 2. The van der Waals surface area contributed by atoms with Crippen LogP contribution < -0.4 is 15.3 Å². The van der Waals surface area contributed by atoms with E-state index in [1.54, 1.807) is 6.07 Å². The van der Waals surface area contributed by atoms with Crippen LogP contribution in [0.15, 0.2) is 71.6 Å². The average molecular weight is 673 g/mol. The maximum Gasteiger partial charge on any atom is 0.179 e. The summed E-state index contributed by atoms with van der Waals surface area (Å²) in [5.74, 6) is -0.651. The number of piperazine rings is 3. The van der Waals surface area contributed by atoms with Crippen LogP contribution >= 0.6 is 0 Å². The molecule has 1 N–H and O–H groups in total. The van der Waals surface area contributed by atoms with E-state index >= 15 is 5.11 Å². The van der Waals surface area contributed by atoms with Crippen molar-refractivity contribution in [2.24, 2.45) is 5.41 Å². The number of benzene rings is 3. The van der Waals surface area contributed by atoms with Gasteiger partial charge in [-0.05, 0) is 71.2 Å². The topological polar surface area (TPSA) is 75.7 Å². The first kappa shape index (κ1) is 34.9. The second-order valence-corrected chi connectivity index (χ2v) is 17.1. The van der Waals surface area contributed by atoms with Gasteiger partial charge in [-0.25, -0.2) is 8.42 Å². The molecule has 4 aliphatic rings. The third-order valence-electron chi connectivity index (χ3n) is 11.6. The van der Waals surface area contributed by atoms with E-state index in [0.717, 1.165) is 49.2 Å². The Labute approximate surface area is 289 Å². The van der Waals surface area contributed by atoms with Gasteiger partial charge in [0.25, 0.3) is 0 Å². The Bertz CT molecular complexity index is 1630. The molecule has 0 saturated carbocycles. The molecule has 2 bridgehead atoms. The minimum atomic E-state index is -3.67. The lowest BCUT2D eigenvalue weighted by molar-refractivity contribution is -0.953. The monoisotopic (exact) mass is 672 g/mol. The van der Waals surface area contributed by atoms with Crippen LogP contribution in [0.25, 0.3) is 0 Å². The van der Waals surface area contributed by atoms with E-state index in [1.165, 1.54) is 54.9 Å². The maximum absolute atomic E-state index is 15.1. The second-order valence-electron chi connectivity index (χ2n) is 15.2. The number of sulfone groups is 1. The van der Waals surface area contributed by atoms with Gasteiger partial charge in [0.2, 0.25) is 0 Å². The number of anilines is 2. The van der Waals surface area contributed by atoms with Gasteiger partial charge in [0.1, 0.15) is 6.54 Å². The molecular weight excluding hydrogens is 617 g/mol. The number of hydrogen-bond acceptors (Lipinski definition) is 6. The molecule has 7 rings (SSSR count). The van der Waals surface area contributed by atoms with Gasteiger partial charge in [-0.2, -0.15) is 0 Å². The van der Waals surface area contributed by atoms with Gasteiger partial charge in [0, 0.05) is 57.2 Å². The molecule has 2 atom stereocenters. The lowest BCUT2D eigenvalue weighted by atomic mass is 9.68. The summed E-state index contributed by atoms with van der Waals surface area (Å²) in [4.78, 5) is 4.90. The Morgan fingerprint density at radius 1 is 0.896 bits per heavy atom. The summed E-state index contributed by atoms with van der Waals surface area (Å²) in [5, 5.41) is 18.7. The quantitative estimate of drug-likeness (QED) is 0.224. The van der Waals surface area contributed by atoms with Gasteiger partial charge in [-0.1, -0.05) is 75.9 Å². The van der Waals surface area contributed by atoms with Crippen LogP contribution in [0.2, 0.25) is 0 Å². The maximum atomic E-state index is 15.1. The highest BCUT2D eigenvalue weighted by Crippen LogP contribution is 2.49. The van der Waals surface area contributed by atoms with Gasteiger partial charge in [0.15, 0.2) is 9.84 Å². The highest BCUT2D eigenvalue weighted by molar-refractivity contribution is 7.91. The Kier molecular flexibility index (Phi) is 10.6. The van der Waals surface area contributed by atoms with E-state index in [-0.39, 0.29) is 5.75 Å². The lowest BCUT2D eigenvalue weighted by Gasteiger charge is -2.50. The molecule has 0 radical (unpaired) electrons. The zero-order valence-corrected chi connectivity index (χ0v) is 30.4. The van der Waals surface area contributed by atoms with E-state index in [1.807, 2.05) is 43.3 Å². The number of quaternary nitrogens is 1. The summed E-state index contributed by atoms with van der Waals surface area (Å²) in [7, 11) is 0.238. The van der Waals surface area contributed by atoms with E-state index in [9.17, 15) is 8.42 Å². The van der Waals surface area contributed by atoms with Gasteiger partial charge >= 0.3 is 0 Å². The molecule has 8 heteroatoms. The smallest absolute Gasteiger partial charge is 0.179 e. The second kappa shape index (κ2) is 14.5. The number of nitrogens with zero attached hydrogens (tertiary/aromatic N) is 3. The van der Waals surface area contributed by atoms with Gasteiger partial charge in [-0.3, -0.25) is 4.90 Å². The molecule has 3 saturated heterocycles. The Hall–Kier alpha value is -2.91. The standard InChI is InChI=1S/C40H56N4O3S/c1-5-7-18-40(19-8-6-2)30-48(46,47)37-17-16-35(42(3)4)27-36(37)38(39(40)45)33-10-9-11-34(26-33)41-28-31-12-14-32(15-13-31)29-44-23-20-43(21-24-44)22-25-44/h9-17,26-27,38-39,41H,5-8,18-25,28-30H2,1-4H3/t38-,39-/m1/s1. The molecule has 3 aromatic carbocycles. The molecule has 4 aliphatic heterocycles. The summed E-state index contributed by atoms with van der Waals surface area (Å²) in [6, 6.07) is 22.8. The average Bonchev–Trinajstić information content (AvgIpc) is 3.16. The number of nitrogens with one attached hydrogen (secondary N) is 1. The molecule has 48 heavy (non-hydrogen) atoms. The highest BCUT2D eigenvalue weighted by Gasteiger charge is 2.45.